The highest BCUT2D eigenvalue weighted by Crippen LogP contribution is 2.15. The van der Waals surface area contributed by atoms with Gasteiger partial charge in [0.1, 0.15) is 0 Å². The summed E-state index contributed by atoms with van der Waals surface area (Å²) in [6, 6.07) is 8.15. The van der Waals surface area contributed by atoms with Crippen molar-refractivity contribution in [3.05, 3.63) is 36.3 Å². The van der Waals surface area contributed by atoms with Gasteiger partial charge in [-0.05, 0) is 30.3 Å². The molecule has 0 bridgehead atoms. The third kappa shape index (κ3) is 1.09. The fourth-order valence-corrected chi connectivity index (χ4v) is 1.12. The number of hydrogen-bond acceptors (Lipinski definition) is 2. The molecule has 0 aliphatic heterocycles. The third-order valence-electron chi connectivity index (χ3n) is 1.68. The first-order valence-corrected chi connectivity index (χ1v) is 3.57. The molecule has 12 heavy (non-hydrogen) atoms. The number of benzene rings is 1. The van der Waals surface area contributed by atoms with E-state index >= 15 is 0 Å². The summed E-state index contributed by atoms with van der Waals surface area (Å²) in [5, 5.41) is 0.858. The Bertz CT molecular complexity index is 385. The van der Waals surface area contributed by atoms with E-state index in [-0.39, 0.29) is 0 Å². The SMILES string of the molecule is Nc1ccc2nc([18F])ccc2c1. The summed E-state index contributed by atoms with van der Waals surface area (Å²) in [6.07, 6.45) is 0. The van der Waals surface area contributed by atoms with Crippen LogP contribution < -0.4 is 5.73 Å². The molecule has 2 aromatic rings. The fraction of sp³-hybridized carbons (Fsp3) is 0. The molecule has 0 saturated carbocycles. The Morgan fingerprint density at radius 1 is 1.17 bits per heavy atom. The maximum absolute atomic E-state index is 12.6. The lowest BCUT2D eigenvalue weighted by Gasteiger charge is -1.97. The predicted octanol–water partition coefficient (Wildman–Crippen LogP) is 1.96. The van der Waals surface area contributed by atoms with Gasteiger partial charge in [-0.1, -0.05) is 0 Å². The molecular weight excluding hydrogens is 154 g/mol. The highest BCUT2D eigenvalue weighted by Gasteiger charge is 1.96. The molecular formula is C9H7FN2. The highest BCUT2D eigenvalue weighted by atomic mass is 18.2. The van der Waals surface area contributed by atoms with E-state index in [1.165, 1.54) is 6.07 Å². The topological polar surface area (TPSA) is 38.9 Å². The quantitative estimate of drug-likeness (QED) is 0.473. The summed E-state index contributed by atoms with van der Waals surface area (Å²) in [6.45, 7) is 0. The summed E-state index contributed by atoms with van der Waals surface area (Å²) in [4.78, 5) is 3.69. The second-order valence-corrected chi connectivity index (χ2v) is 2.59. The number of fused-ring (bicyclic) bond motifs is 1. The molecule has 3 heteroatoms. The summed E-state index contributed by atoms with van der Waals surface area (Å²) in [7, 11) is 0. The van der Waals surface area contributed by atoms with Crippen LogP contribution in [0.25, 0.3) is 10.9 Å². The molecule has 0 spiro atoms. The molecule has 1 aromatic carbocycles. The van der Waals surface area contributed by atoms with Crippen molar-refractivity contribution in [3.8, 4) is 0 Å². The van der Waals surface area contributed by atoms with Gasteiger partial charge >= 0.3 is 0 Å². The molecule has 0 saturated heterocycles. The van der Waals surface area contributed by atoms with Crippen LogP contribution in [-0.2, 0) is 0 Å². The van der Waals surface area contributed by atoms with Gasteiger partial charge in [-0.25, -0.2) is 4.98 Å². The number of halogens is 1. The molecule has 0 radical (unpaired) electrons. The van der Waals surface area contributed by atoms with Crippen molar-refractivity contribution in [2.24, 2.45) is 0 Å². The monoisotopic (exact) mass is 161 g/mol. The molecule has 0 unspecified atom stereocenters. The molecule has 2 nitrogen and oxygen atoms in total. The van der Waals surface area contributed by atoms with Gasteiger partial charge in [0.25, 0.3) is 0 Å². The number of pyridine rings is 1. The van der Waals surface area contributed by atoms with Gasteiger partial charge in [-0.15, -0.1) is 0 Å². The minimum atomic E-state index is -0.465. The molecule has 2 rings (SSSR count). The smallest absolute Gasteiger partial charge is 0.213 e. The number of nitrogen functional groups attached to an aromatic ring is 1. The molecule has 1 heterocycles. The van der Waals surface area contributed by atoms with Gasteiger partial charge in [0, 0.05) is 11.1 Å². The van der Waals surface area contributed by atoms with Crippen LogP contribution in [0.5, 0.6) is 0 Å². The fourth-order valence-electron chi connectivity index (χ4n) is 1.12. The Kier molecular flexibility index (Phi) is 1.43. The van der Waals surface area contributed by atoms with Crippen molar-refractivity contribution in [2.75, 3.05) is 5.73 Å². The lowest BCUT2D eigenvalue weighted by Crippen LogP contribution is -1.87. The third-order valence-corrected chi connectivity index (χ3v) is 1.68. The maximum atomic E-state index is 12.6. The molecule has 0 aliphatic carbocycles. The van der Waals surface area contributed by atoms with E-state index < -0.39 is 5.95 Å². The average Bonchev–Trinajstić information content (AvgIpc) is 2.05. The predicted molar refractivity (Wildman–Crippen MR) is 46.1 cm³/mol. The zero-order valence-corrected chi connectivity index (χ0v) is 6.29. The molecule has 1 aromatic heterocycles. The summed E-state index contributed by atoms with van der Waals surface area (Å²) in [5.74, 6) is -0.465. The van der Waals surface area contributed by atoms with Crippen LogP contribution in [0.1, 0.15) is 0 Å². The number of rotatable bonds is 0. The second kappa shape index (κ2) is 2.44. The first kappa shape index (κ1) is 7.03. The zero-order valence-electron chi connectivity index (χ0n) is 6.29. The Balaban J connectivity index is 2.79. The average molecular weight is 161 g/mol. The van der Waals surface area contributed by atoms with Gasteiger partial charge < -0.3 is 5.73 Å². The van der Waals surface area contributed by atoms with Crippen LogP contribution in [0.2, 0.25) is 0 Å². The Morgan fingerprint density at radius 3 is 2.83 bits per heavy atom. The lowest BCUT2D eigenvalue weighted by atomic mass is 10.2. The number of hydrogen-bond donors (Lipinski definition) is 1. The van der Waals surface area contributed by atoms with Crippen molar-refractivity contribution < 1.29 is 4.39 Å². The first-order chi connectivity index (χ1) is 5.75. The number of aromatic nitrogens is 1. The van der Waals surface area contributed by atoms with Crippen LogP contribution in [0, 0.1) is 5.95 Å². The molecule has 0 fully saturated rings. The summed E-state index contributed by atoms with van der Waals surface area (Å²) >= 11 is 0. The number of nitrogens with zero attached hydrogens (tertiary/aromatic N) is 1. The van der Waals surface area contributed by atoms with Crippen molar-refractivity contribution in [1.82, 2.24) is 4.98 Å². The van der Waals surface area contributed by atoms with Crippen molar-refractivity contribution in [2.45, 2.75) is 0 Å². The van der Waals surface area contributed by atoms with Gasteiger partial charge in [0.05, 0.1) is 5.52 Å². The Morgan fingerprint density at radius 2 is 2.00 bits per heavy atom. The minimum absolute atomic E-state index is 0.465. The van der Waals surface area contributed by atoms with Crippen LogP contribution in [0.3, 0.4) is 0 Å². The Labute approximate surface area is 68.8 Å². The number of nitrogens with two attached hydrogens (primary N) is 1. The standard InChI is InChI=1S/C9H7FN2/c10-9-4-1-6-5-7(11)2-3-8(6)12-9/h1-5H,11H2/i10-1. The van der Waals surface area contributed by atoms with Crippen molar-refractivity contribution in [3.63, 3.8) is 0 Å². The van der Waals surface area contributed by atoms with Gasteiger partial charge in [0.15, 0.2) is 0 Å². The van der Waals surface area contributed by atoms with E-state index in [9.17, 15) is 4.39 Å². The van der Waals surface area contributed by atoms with E-state index in [1.807, 2.05) is 0 Å². The van der Waals surface area contributed by atoms with E-state index in [0.717, 1.165) is 5.39 Å². The lowest BCUT2D eigenvalue weighted by molar-refractivity contribution is 0.589. The first-order valence-electron chi connectivity index (χ1n) is 3.57. The van der Waals surface area contributed by atoms with Crippen LogP contribution in [-0.4, -0.2) is 4.98 Å². The Hall–Kier alpha value is -1.64. The number of anilines is 1. The molecule has 2 N–H and O–H groups in total. The van der Waals surface area contributed by atoms with Crippen LogP contribution in [0.15, 0.2) is 30.3 Å². The van der Waals surface area contributed by atoms with Gasteiger partial charge in [0.2, 0.25) is 5.95 Å². The van der Waals surface area contributed by atoms with E-state index in [2.05, 4.69) is 4.98 Å². The van der Waals surface area contributed by atoms with E-state index in [1.54, 1.807) is 24.3 Å². The molecule has 0 atom stereocenters. The van der Waals surface area contributed by atoms with Gasteiger partial charge in [-0.3, -0.25) is 0 Å². The van der Waals surface area contributed by atoms with E-state index in [4.69, 9.17) is 5.73 Å². The van der Waals surface area contributed by atoms with Crippen LogP contribution in [0.4, 0.5) is 10.1 Å². The van der Waals surface area contributed by atoms with Crippen molar-refractivity contribution >= 4 is 16.6 Å². The van der Waals surface area contributed by atoms with Gasteiger partial charge in [-0.2, -0.15) is 4.39 Å². The maximum Gasteiger partial charge on any atom is 0.213 e. The molecule has 0 amide bonds. The van der Waals surface area contributed by atoms with Crippen LogP contribution >= 0.6 is 0 Å². The van der Waals surface area contributed by atoms with Crippen molar-refractivity contribution in [1.29, 1.82) is 0 Å². The summed E-state index contributed by atoms with van der Waals surface area (Å²) in [5.41, 5.74) is 6.83. The molecule has 60 valence electrons. The second-order valence-electron chi connectivity index (χ2n) is 2.59. The summed E-state index contributed by atoms with van der Waals surface area (Å²) < 4.78 is 12.6. The van der Waals surface area contributed by atoms with E-state index in [0.29, 0.717) is 11.2 Å². The largest absolute Gasteiger partial charge is 0.399 e. The highest BCUT2D eigenvalue weighted by molar-refractivity contribution is 5.81. The minimum Gasteiger partial charge on any atom is -0.399 e. The normalized spacial score (nSPS) is 10.4. The molecule has 0 aliphatic rings. The zero-order chi connectivity index (χ0) is 8.55.